The number of benzene rings is 2. The van der Waals surface area contributed by atoms with Crippen molar-refractivity contribution < 1.29 is 23.7 Å². The number of anilines is 1. The maximum Gasteiger partial charge on any atom is 0.203 e. The zero-order valence-corrected chi connectivity index (χ0v) is 14.7. The fourth-order valence-corrected chi connectivity index (χ4v) is 2.59. The van der Waals surface area contributed by atoms with Gasteiger partial charge < -0.3 is 24.3 Å². The quantitative estimate of drug-likeness (QED) is 0.628. The molecule has 26 heavy (non-hydrogen) atoms. The highest BCUT2D eigenvalue weighted by molar-refractivity contribution is 6.07. The molecule has 1 heterocycles. The average Bonchev–Trinajstić information content (AvgIpc) is 2.70. The Kier molecular flexibility index (Phi) is 5.12. The first kappa shape index (κ1) is 17.4. The van der Waals surface area contributed by atoms with E-state index in [-0.39, 0.29) is 5.78 Å². The van der Waals surface area contributed by atoms with Crippen molar-refractivity contribution in [2.45, 2.75) is 0 Å². The topological polar surface area (TPSA) is 66.0 Å². The third-order valence-corrected chi connectivity index (χ3v) is 3.88. The van der Waals surface area contributed by atoms with Crippen LogP contribution in [0.1, 0.15) is 15.9 Å². The molecule has 134 valence electrons. The molecule has 6 nitrogen and oxygen atoms in total. The van der Waals surface area contributed by atoms with Gasteiger partial charge in [0.1, 0.15) is 6.26 Å². The number of hydrogen-bond donors (Lipinski definition) is 1. The fourth-order valence-electron chi connectivity index (χ4n) is 2.59. The molecule has 0 radical (unpaired) electrons. The molecule has 0 unspecified atom stereocenters. The highest BCUT2D eigenvalue weighted by Gasteiger charge is 2.13. The van der Waals surface area contributed by atoms with Crippen molar-refractivity contribution in [2.75, 3.05) is 26.6 Å². The van der Waals surface area contributed by atoms with E-state index in [9.17, 15) is 4.79 Å². The van der Waals surface area contributed by atoms with Crippen LogP contribution < -0.4 is 24.3 Å². The van der Waals surface area contributed by atoms with Crippen molar-refractivity contribution in [3.8, 4) is 23.0 Å². The van der Waals surface area contributed by atoms with Crippen LogP contribution in [0.15, 0.2) is 48.9 Å². The van der Waals surface area contributed by atoms with Gasteiger partial charge in [-0.05, 0) is 42.0 Å². The lowest BCUT2D eigenvalue weighted by atomic mass is 10.1. The SMILES string of the molecule is COc1cc(C=CC(=O)c2ccc3c(c2)OC=CN3)cc(OC)c1OC. The molecule has 0 fully saturated rings. The zero-order valence-electron chi connectivity index (χ0n) is 14.7. The highest BCUT2D eigenvalue weighted by Crippen LogP contribution is 2.38. The second kappa shape index (κ2) is 7.65. The molecule has 1 N–H and O–H groups in total. The lowest BCUT2D eigenvalue weighted by Crippen LogP contribution is -2.02. The molecule has 0 spiro atoms. The van der Waals surface area contributed by atoms with Crippen LogP contribution in [0, 0.1) is 0 Å². The van der Waals surface area contributed by atoms with Crippen molar-refractivity contribution in [1.29, 1.82) is 0 Å². The summed E-state index contributed by atoms with van der Waals surface area (Å²) in [5, 5.41) is 3.05. The minimum atomic E-state index is -0.139. The van der Waals surface area contributed by atoms with Crippen LogP contribution in [0.25, 0.3) is 6.08 Å². The number of methoxy groups -OCH3 is 3. The van der Waals surface area contributed by atoms with Crippen molar-refractivity contribution in [1.82, 2.24) is 0 Å². The fraction of sp³-hybridized carbons (Fsp3) is 0.150. The van der Waals surface area contributed by atoms with Gasteiger partial charge in [-0.15, -0.1) is 0 Å². The minimum absolute atomic E-state index is 0.139. The predicted molar refractivity (Wildman–Crippen MR) is 99.3 cm³/mol. The number of fused-ring (bicyclic) bond motifs is 1. The van der Waals surface area contributed by atoms with E-state index in [4.69, 9.17) is 18.9 Å². The third-order valence-electron chi connectivity index (χ3n) is 3.88. The normalized spacial score (nSPS) is 12.1. The lowest BCUT2D eigenvalue weighted by Gasteiger charge is -2.13. The Morgan fingerprint density at radius 1 is 1.04 bits per heavy atom. The monoisotopic (exact) mass is 353 g/mol. The van der Waals surface area contributed by atoms with E-state index in [0.29, 0.717) is 28.6 Å². The molecule has 0 atom stereocenters. The minimum Gasteiger partial charge on any atom is -0.493 e. The molecule has 2 aromatic carbocycles. The number of nitrogens with one attached hydrogen (secondary N) is 1. The number of allylic oxidation sites excluding steroid dienone is 1. The second-order valence-corrected chi connectivity index (χ2v) is 5.43. The van der Waals surface area contributed by atoms with Gasteiger partial charge in [-0.25, -0.2) is 0 Å². The molecule has 0 bridgehead atoms. The molecule has 0 aliphatic carbocycles. The molecule has 6 heteroatoms. The van der Waals surface area contributed by atoms with Gasteiger partial charge in [-0.3, -0.25) is 4.79 Å². The Labute approximate surface area is 151 Å². The van der Waals surface area contributed by atoms with Crippen LogP contribution in [-0.2, 0) is 0 Å². The van der Waals surface area contributed by atoms with E-state index >= 15 is 0 Å². The Balaban J connectivity index is 1.84. The number of carbonyl (C=O) groups excluding carboxylic acids is 1. The van der Waals surface area contributed by atoms with Crippen LogP contribution in [0.3, 0.4) is 0 Å². The highest BCUT2D eigenvalue weighted by atomic mass is 16.5. The van der Waals surface area contributed by atoms with Crippen molar-refractivity contribution in [3.63, 3.8) is 0 Å². The summed E-state index contributed by atoms with van der Waals surface area (Å²) in [7, 11) is 4.64. The molecular weight excluding hydrogens is 334 g/mol. The molecule has 2 aromatic rings. The summed E-state index contributed by atoms with van der Waals surface area (Å²) in [6, 6.07) is 8.80. The molecule has 0 aromatic heterocycles. The summed E-state index contributed by atoms with van der Waals surface area (Å²) >= 11 is 0. The predicted octanol–water partition coefficient (Wildman–Crippen LogP) is 3.88. The summed E-state index contributed by atoms with van der Waals surface area (Å²) in [5.41, 5.74) is 2.11. The summed E-state index contributed by atoms with van der Waals surface area (Å²) in [6.07, 6.45) is 6.41. The average molecular weight is 353 g/mol. The van der Waals surface area contributed by atoms with Crippen LogP contribution in [0.4, 0.5) is 5.69 Å². The van der Waals surface area contributed by atoms with E-state index < -0.39 is 0 Å². The second-order valence-electron chi connectivity index (χ2n) is 5.43. The van der Waals surface area contributed by atoms with Crippen molar-refractivity contribution >= 4 is 17.5 Å². The van der Waals surface area contributed by atoms with E-state index in [1.807, 2.05) is 0 Å². The summed E-state index contributed by atoms with van der Waals surface area (Å²) in [5.74, 6) is 2.03. The first-order valence-electron chi connectivity index (χ1n) is 7.91. The largest absolute Gasteiger partial charge is 0.493 e. The number of ketones is 1. The van der Waals surface area contributed by atoms with Crippen molar-refractivity contribution in [2.24, 2.45) is 0 Å². The lowest BCUT2D eigenvalue weighted by molar-refractivity contribution is 0.104. The van der Waals surface area contributed by atoms with Gasteiger partial charge >= 0.3 is 0 Å². The van der Waals surface area contributed by atoms with Gasteiger partial charge in [0.2, 0.25) is 5.75 Å². The number of hydrogen-bond acceptors (Lipinski definition) is 6. The molecule has 1 aliphatic heterocycles. The van der Waals surface area contributed by atoms with Crippen LogP contribution in [0.5, 0.6) is 23.0 Å². The van der Waals surface area contributed by atoms with E-state index in [1.165, 1.54) is 12.3 Å². The smallest absolute Gasteiger partial charge is 0.203 e. The van der Waals surface area contributed by atoms with Crippen LogP contribution >= 0.6 is 0 Å². The molecule has 0 amide bonds. The first-order chi connectivity index (χ1) is 12.7. The molecule has 0 saturated heterocycles. The van der Waals surface area contributed by atoms with Gasteiger partial charge in [0.25, 0.3) is 0 Å². The van der Waals surface area contributed by atoms with Gasteiger partial charge in [0.05, 0.1) is 27.0 Å². The number of carbonyl (C=O) groups is 1. The number of ether oxygens (including phenoxy) is 4. The van der Waals surface area contributed by atoms with Crippen molar-refractivity contribution in [3.05, 3.63) is 60.0 Å². The zero-order chi connectivity index (χ0) is 18.5. The van der Waals surface area contributed by atoms with Gasteiger partial charge in [-0.2, -0.15) is 0 Å². The number of rotatable bonds is 6. The Bertz CT molecular complexity index is 861. The maximum atomic E-state index is 12.5. The van der Waals surface area contributed by atoms with Crippen LogP contribution in [0.2, 0.25) is 0 Å². The van der Waals surface area contributed by atoms with Gasteiger partial charge in [0, 0.05) is 11.8 Å². The standard InChI is InChI=1S/C20H19NO5/c1-23-18-10-13(11-19(24-2)20(18)25-3)4-7-16(22)14-5-6-15-17(12-14)26-9-8-21-15/h4-12,21H,1-3H3. The molecule has 1 aliphatic rings. The summed E-state index contributed by atoms with van der Waals surface area (Å²) in [4.78, 5) is 12.5. The maximum absolute atomic E-state index is 12.5. The van der Waals surface area contributed by atoms with E-state index in [1.54, 1.807) is 63.9 Å². The first-order valence-corrected chi connectivity index (χ1v) is 7.91. The van der Waals surface area contributed by atoms with Crippen LogP contribution in [-0.4, -0.2) is 27.1 Å². The molecular formula is C20H19NO5. The van der Waals surface area contributed by atoms with Gasteiger partial charge in [0.15, 0.2) is 23.0 Å². The summed E-state index contributed by atoms with van der Waals surface area (Å²) < 4.78 is 21.3. The van der Waals surface area contributed by atoms with E-state index in [0.717, 1.165) is 11.3 Å². The Morgan fingerprint density at radius 2 is 1.77 bits per heavy atom. The van der Waals surface area contributed by atoms with Gasteiger partial charge in [-0.1, -0.05) is 6.08 Å². The third kappa shape index (κ3) is 3.49. The summed E-state index contributed by atoms with van der Waals surface area (Å²) in [6.45, 7) is 0. The van der Waals surface area contributed by atoms with E-state index in [2.05, 4.69) is 5.32 Å². The molecule has 3 rings (SSSR count). The molecule has 0 saturated carbocycles. The Morgan fingerprint density at radius 3 is 2.42 bits per heavy atom. The Hall–Kier alpha value is -3.41.